The highest BCUT2D eigenvalue weighted by Gasteiger charge is 2.27. The van der Waals surface area contributed by atoms with Crippen LogP contribution in [-0.2, 0) is 9.47 Å². The lowest BCUT2D eigenvalue weighted by molar-refractivity contribution is -0.155. The van der Waals surface area contributed by atoms with Crippen molar-refractivity contribution in [1.29, 1.82) is 0 Å². The normalized spacial score (nSPS) is 16.7. The fourth-order valence-corrected chi connectivity index (χ4v) is 1.67. The molecular formula is C11H18N2O3. The van der Waals surface area contributed by atoms with Gasteiger partial charge in [0.05, 0.1) is 0 Å². The second kappa shape index (κ2) is 5.41. The van der Waals surface area contributed by atoms with Gasteiger partial charge in [-0.05, 0) is 26.7 Å². The molecule has 1 fully saturated rings. The zero-order chi connectivity index (χ0) is 11.4. The molecule has 2 rings (SSSR count). The molecule has 1 aliphatic rings. The summed E-state index contributed by atoms with van der Waals surface area (Å²) in [7, 11) is 0. The van der Waals surface area contributed by atoms with Gasteiger partial charge in [-0.2, -0.15) is 4.98 Å². The minimum absolute atomic E-state index is 0.436. The molecule has 1 heterocycles. The van der Waals surface area contributed by atoms with E-state index in [2.05, 4.69) is 10.1 Å². The van der Waals surface area contributed by atoms with E-state index in [9.17, 15) is 0 Å². The van der Waals surface area contributed by atoms with E-state index >= 15 is 0 Å². The van der Waals surface area contributed by atoms with Gasteiger partial charge in [-0.3, -0.25) is 0 Å². The van der Waals surface area contributed by atoms with Gasteiger partial charge in [0.1, 0.15) is 0 Å². The van der Waals surface area contributed by atoms with Crippen LogP contribution >= 0.6 is 0 Å². The lowest BCUT2D eigenvalue weighted by Gasteiger charge is -2.21. The van der Waals surface area contributed by atoms with Crippen molar-refractivity contribution in [2.45, 2.75) is 45.3 Å². The Morgan fingerprint density at radius 2 is 2.00 bits per heavy atom. The van der Waals surface area contributed by atoms with Crippen LogP contribution in [0.15, 0.2) is 4.52 Å². The number of ether oxygens (including phenoxy) is 2. The predicted octanol–water partition coefficient (Wildman–Crippen LogP) is 2.41. The molecule has 0 amide bonds. The smallest absolute Gasteiger partial charge is 0.283 e. The summed E-state index contributed by atoms with van der Waals surface area (Å²) >= 11 is 0. The Hall–Kier alpha value is -0.940. The van der Waals surface area contributed by atoms with Gasteiger partial charge in [0.25, 0.3) is 5.89 Å². The number of nitrogens with zero attached hydrogens (tertiary/aromatic N) is 2. The number of hydrogen-bond donors (Lipinski definition) is 0. The summed E-state index contributed by atoms with van der Waals surface area (Å²) in [6.45, 7) is 4.95. The molecule has 1 saturated carbocycles. The van der Waals surface area contributed by atoms with Crippen LogP contribution in [0.2, 0.25) is 0 Å². The highest BCUT2D eigenvalue weighted by molar-refractivity contribution is 5.00. The monoisotopic (exact) mass is 226 g/mol. The highest BCUT2D eigenvalue weighted by Crippen LogP contribution is 2.35. The van der Waals surface area contributed by atoms with Crippen molar-refractivity contribution >= 4 is 0 Å². The SMILES string of the molecule is CCOC(OCC)c1nc(C2CCC2)no1. The van der Waals surface area contributed by atoms with E-state index in [0.717, 1.165) is 18.7 Å². The highest BCUT2D eigenvalue weighted by atomic mass is 16.7. The largest absolute Gasteiger partial charge is 0.345 e. The van der Waals surface area contributed by atoms with Crippen LogP contribution in [0.1, 0.15) is 57.0 Å². The summed E-state index contributed by atoms with van der Waals surface area (Å²) in [4.78, 5) is 4.34. The van der Waals surface area contributed by atoms with Gasteiger partial charge in [0, 0.05) is 19.1 Å². The quantitative estimate of drug-likeness (QED) is 0.697. The molecule has 16 heavy (non-hydrogen) atoms. The number of aromatic nitrogens is 2. The molecule has 0 aromatic carbocycles. The molecule has 0 N–H and O–H groups in total. The summed E-state index contributed by atoms with van der Waals surface area (Å²) in [6.07, 6.45) is 3.06. The van der Waals surface area contributed by atoms with Crippen molar-refractivity contribution in [2.75, 3.05) is 13.2 Å². The predicted molar refractivity (Wildman–Crippen MR) is 56.9 cm³/mol. The Labute approximate surface area is 95.1 Å². The fraction of sp³-hybridized carbons (Fsp3) is 0.818. The molecule has 0 saturated heterocycles. The third-order valence-electron chi connectivity index (χ3n) is 2.77. The number of hydrogen-bond acceptors (Lipinski definition) is 5. The van der Waals surface area contributed by atoms with Gasteiger partial charge in [0.2, 0.25) is 6.29 Å². The van der Waals surface area contributed by atoms with Crippen LogP contribution in [-0.4, -0.2) is 23.4 Å². The van der Waals surface area contributed by atoms with Crippen molar-refractivity contribution in [3.05, 3.63) is 11.7 Å². The van der Waals surface area contributed by atoms with Crippen molar-refractivity contribution < 1.29 is 14.0 Å². The first-order valence-electron chi connectivity index (χ1n) is 5.91. The van der Waals surface area contributed by atoms with Gasteiger partial charge in [0.15, 0.2) is 5.82 Å². The molecular weight excluding hydrogens is 208 g/mol. The van der Waals surface area contributed by atoms with E-state index in [4.69, 9.17) is 14.0 Å². The average Bonchev–Trinajstić information content (AvgIpc) is 2.64. The number of rotatable bonds is 6. The Balaban J connectivity index is 2.02. The summed E-state index contributed by atoms with van der Waals surface area (Å²) < 4.78 is 16.0. The third kappa shape index (κ3) is 2.41. The van der Waals surface area contributed by atoms with Gasteiger partial charge in [-0.25, -0.2) is 0 Å². The van der Waals surface area contributed by atoms with Crippen LogP contribution < -0.4 is 0 Å². The van der Waals surface area contributed by atoms with E-state index in [1.165, 1.54) is 6.42 Å². The lowest BCUT2D eigenvalue weighted by Crippen LogP contribution is -2.12. The van der Waals surface area contributed by atoms with Crippen LogP contribution in [0.3, 0.4) is 0 Å². The average molecular weight is 226 g/mol. The molecule has 0 spiro atoms. The van der Waals surface area contributed by atoms with E-state index in [-0.39, 0.29) is 0 Å². The molecule has 1 aliphatic carbocycles. The maximum Gasteiger partial charge on any atom is 0.283 e. The van der Waals surface area contributed by atoms with E-state index in [0.29, 0.717) is 25.0 Å². The molecule has 5 nitrogen and oxygen atoms in total. The fourth-order valence-electron chi connectivity index (χ4n) is 1.67. The Bertz CT molecular complexity index is 317. The Kier molecular flexibility index (Phi) is 3.90. The summed E-state index contributed by atoms with van der Waals surface area (Å²) in [6, 6.07) is 0. The molecule has 0 aliphatic heterocycles. The van der Waals surface area contributed by atoms with E-state index < -0.39 is 6.29 Å². The van der Waals surface area contributed by atoms with Crippen molar-refractivity contribution in [3.8, 4) is 0 Å². The minimum Gasteiger partial charge on any atom is -0.345 e. The van der Waals surface area contributed by atoms with Gasteiger partial charge < -0.3 is 14.0 Å². The van der Waals surface area contributed by atoms with Crippen molar-refractivity contribution in [1.82, 2.24) is 10.1 Å². The molecule has 5 heteroatoms. The topological polar surface area (TPSA) is 57.4 Å². The van der Waals surface area contributed by atoms with Crippen LogP contribution in [0, 0.1) is 0 Å². The summed E-state index contributed by atoms with van der Waals surface area (Å²) in [5.41, 5.74) is 0. The second-order valence-corrected chi connectivity index (χ2v) is 3.86. The summed E-state index contributed by atoms with van der Waals surface area (Å²) in [5, 5.41) is 3.98. The maximum absolute atomic E-state index is 5.39. The first-order chi connectivity index (χ1) is 7.85. The first-order valence-corrected chi connectivity index (χ1v) is 5.91. The molecule has 0 bridgehead atoms. The standard InChI is InChI=1S/C11H18N2O3/c1-3-14-11(15-4-2)10-12-9(13-16-10)8-6-5-7-8/h8,11H,3-7H2,1-2H3. The molecule has 0 atom stereocenters. The zero-order valence-corrected chi connectivity index (χ0v) is 9.81. The third-order valence-corrected chi connectivity index (χ3v) is 2.77. The maximum atomic E-state index is 5.39. The van der Waals surface area contributed by atoms with Crippen molar-refractivity contribution in [2.24, 2.45) is 0 Å². The zero-order valence-electron chi connectivity index (χ0n) is 9.81. The van der Waals surface area contributed by atoms with E-state index in [1.807, 2.05) is 13.8 Å². The first kappa shape index (κ1) is 11.5. The molecule has 1 aromatic rings. The molecule has 0 radical (unpaired) electrons. The summed E-state index contributed by atoms with van der Waals surface area (Å²) in [5.74, 6) is 1.71. The van der Waals surface area contributed by atoms with Gasteiger partial charge in [-0.15, -0.1) is 0 Å². The van der Waals surface area contributed by atoms with Crippen LogP contribution in [0.5, 0.6) is 0 Å². The Morgan fingerprint density at radius 3 is 2.50 bits per heavy atom. The van der Waals surface area contributed by atoms with Gasteiger partial charge in [-0.1, -0.05) is 11.6 Å². The Morgan fingerprint density at radius 1 is 1.31 bits per heavy atom. The lowest BCUT2D eigenvalue weighted by atomic mass is 9.85. The van der Waals surface area contributed by atoms with Gasteiger partial charge >= 0.3 is 0 Å². The molecule has 0 unspecified atom stereocenters. The van der Waals surface area contributed by atoms with Crippen LogP contribution in [0.25, 0.3) is 0 Å². The van der Waals surface area contributed by atoms with Crippen molar-refractivity contribution in [3.63, 3.8) is 0 Å². The minimum atomic E-state index is -0.517. The molecule has 1 aromatic heterocycles. The molecule has 90 valence electrons. The second-order valence-electron chi connectivity index (χ2n) is 3.86. The van der Waals surface area contributed by atoms with E-state index in [1.54, 1.807) is 0 Å². The van der Waals surface area contributed by atoms with Crippen LogP contribution in [0.4, 0.5) is 0 Å².